The first-order valence-corrected chi connectivity index (χ1v) is 11.4. The molecule has 0 spiro atoms. The monoisotopic (exact) mass is 549 g/mol. The molecule has 1 fully saturated rings. The molecule has 1 N–H and O–H groups in total. The normalized spacial score (nSPS) is 17.0. The topological polar surface area (TPSA) is 86.9 Å². The molecule has 0 aliphatic carbocycles. The number of methoxy groups -OCH3 is 1. The number of hydrogen-bond donors (Lipinski definition) is 1. The first kappa shape index (κ1) is 22.4. The number of rotatable bonds is 6. The van der Waals surface area contributed by atoms with Crippen LogP contribution in [-0.2, 0) is 19.1 Å². The number of esters is 2. The summed E-state index contributed by atoms with van der Waals surface area (Å²) in [4.78, 5) is 29.4. The van der Waals surface area contributed by atoms with E-state index in [0.29, 0.717) is 18.1 Å². The van der Waals surface area contributed by atoms with E-state index in [0.717, 1.165) is 25.6 Å². The lowest BCUT2D eigenvalue weighted by atomic mass is 9.80. The van der Waals surface area contributed by atoms with Crippen LogP contribution >= 0.6 is 22.6 Å². The number of carbonyl (C=O) groups is 2. The van der Waals surface area contributed by atoms with E-state index in [-0.39, 0.29) is 0 Å². The average Bonchev–Trinajstić information content (AvgIpc) is 3.13. The number of ether oxygens (including phenoxy) is 4. The first-order valence-electron chi connectivity index (χ1n) is 10.3. The van der Waals surface area contributed by atoms with Gasteiger partial charge in [-0.05, 0) is 58.8 Å². The number of para-hydroxylation sites is 1. The van der Waals surface area contributed by atoms with Crippen molar-refractivity contribution in [2.24, 2.45) is 5.92 Å². The van der Waals surface area contributed by atoms with Gasteiger partial charge < -0.3 is 23.9 Å². The summed E-state index contributed by atoms with van der Waals surface area (Å²) in [6.45, 7) is 5.41. The summed E-state index contributed by atoms with van der Waals surface area (Å²) in [6.07, 6.45) is 1.83. The van der Waals surface area contributed by atoms with E-state index < -0.39 is 29.6 Å². The fraction of sp³-hybridized carbons (Fsp3) is 0.333. The first-order chi connectivity index (χ1) is 15.3. The third-order valence-corrected chi connectivity index (χ3v) is 6.19. The van der Waals surface area contributed by atoms with Crippen LogP contribution in [0.15, 0.2) is 42.6 Å². The van der Waals surface area contributed by atoms with Gasteiger partial charge >= 0.3 is 11.9 Å². The van der Waals surface area contributed by atoms with Crippen molar-refractivity contribution in [3.63, 3.8) is 0 Å². The van der Waals surface area contributed by atoms with Gasteiger partial charge in [-0.15, -0.1) is 0 Å². The smallest absolute Gasteiger partial charge is 0.324 e. The summed E-state index contributed by atoms with van der Waals surface area (Å²) in [7, 11) is 1.58. The number of hydrogen-bond acceptors (Lipinski definition) is 6. The number of halogens is 1. The van der Waals surface area contributed by atoms with Gasteiger partial charge in [-0.25, -0.2) is 0 Å². The zero-order valence-electron chi connectivity index (χ0n) is 18.2. The lowest BCUT2D eigenvalue weighted by Crippen LogP contribution is -2.48. The van der Waals surface area contributed by atoms with E-state index in [1.807, 2.05) is 49.5 Å². The van der Waals surface area contributed by atoms with E-state index in [9.17, 15) is 9.59 Å². The molecule has 0 bridgehead atoms. The Kier molecular flexibility index (Phi) is 6.07. The van der Waals surface area contributed by atoms with E-state index in [1.54, 1.807) is 21.0 Å². The molecule has 0 unspecified atom stereocenters. The van der Waals surface area contributed by atoms with Crippen LogP contribution in [0.1, 0.15) is 37.8 Å². The Morgan fingerprint density at radius 1 is 1.16 bits per heavy atom. The highest BCUT2D eigenvalue weighted by atomic mass is 127. The van der Waals surface area contributed by atoms with Gasteiger partial charge in [-0.2, -0.15) is 0 Å². The molecule has 1 aliphatic rings. The molecule has 1 saturated heterocycles. The van der Waals surface area contributed by atoms with Crippen LogP contribution in [0.3, 0.4) is 0 Å². The van der Waals surface area contributed by atoms with Crippen molar-refractivity contribution in [1.29, 1.82) is 0 Å². The number of fused-ring (bicyclic) bond motifs is 1. The maximum absolute atomic E-state index is 13.1. The second kappa shape index (κ2) is 8.65. The molecule has 1 atom stereocenters. The van der Waals surface area contributed by atoms with Gasteiger partial charge in [0.2, 0.25) is 0 Å². The highest BCUT2D eigenvalue weighted by molar-refractivity contribution is 14.1. The van der Waals surface area contributed by atoms with Gasteiger partial charge in [0.1, 0.15) is 0 Å². The molecular weight excluding hydrogens is 525 g/mol. The molecule has 1 aromatic heterocycles. The second-order valence-corrected chi connectivity index (χ2v) is 9.12. The average molecular weight is 549 g/mol. The SMILES string of the molecule is CCOc1cc([C@@H](c2c[nH]c3ccccc23)C2C(=O)OC(C)(C)OC2=O)cc(I)c1OC. The standard InChI is InChI=1S/C24H24INO6/c1-5-30-18-11-13(10-16(25)21(18)29-4)19(15-12-26-17-9-7-6-8-14(15)17)20-22(27)31-24(2,3)32-23(20)28/h6-12,19-20,26H,5H2,1-4H3/t19-/m0/s1. The predicted octanol–water partition coefficient (Wildman–Crippen LogP) is 4.76. The fourth-order valence-electron chi connectivity index (χ4n) is 4.13. The van der Waals surface area contributed by atoms with Crippen LogP contribution in [0.25, 0.3) is 10.9 Å². The number of H-pyrrole nitrogens is 1. The van der Waals surface area contributed by atoms with Crippen molar-refractivity contribution in [1.82, 2.24) is 4.98 Å². The lowest BCUT2D eigenvalue weighted by molar-refractivity contribution is -0.240. The molecule has 7 nitrogen and oxygen atoms in total. The Balaban J connectivity index is 1.93. The molecule has 0 amide bonds. The molecule has 2 aromatic carbocycles. The second-order valence-electron chi connectivity index (χ2n) is 7.95. The summed E-state index contributed by atoms with van der Waals surface area (Å²) in [5, 5.41) is 0.909. The third kappa shape index (κ3) is 4.03. The zero-order valence-corrected chi connectivity index (χ0v) is 20.4. The van der Waals surface area contributed by atoms with E-state index in [2.05, 4.69) is 27.6 Å². The van der Waals surface area contributed by atoms with E-state index >= 15 is 0 Å². The summed E-state index contributed by atoms with van der Waals surface area (Å²) >= 11 is 2.16. The third-order valence-electron chi connectivity index (χ3n) is 5.39. The van der Waals surface area contributed by atoms with Crippen LogP contribution in [0.2, 0.25) is 0 Å². The molecule has 0 saturated carbocycles. The molecular formula is C24H24INO6. The zero-order chi connectivity index (χ0) is 23.0. The van der Waals surface area contributed by atoms with Gasteiger partial charge in [0.15, 0.2) is 17.4 Å². The highest BCUT2D eigenvalue weighted by Crippen LogP contribution is 2.44. The van der Waals surface area contributed by atoms with E-state index in [4.69, 9.17) is 18.9 Å². The van der Waals surface area contributed by atoms with Gasteiger partial charge in [0, 0.05) is 36.9 Å². The van der Waals surface area contributed by atoms with Crippen molar-refractivity contribution in [3.05, 3.63) is 57.3 Å². The van der Waals surface area contributed by atoms with Gasteiger partial charge in [0.05, 0.1) is 17.3 Å². The molecule has 4 rings (SSSR count). The number of cyclic esters (lactones) is 2. The minimum atomic E-state index is -1.31. The molecule has 8 heteroatoms. The molecule has 0 radical (unpaired) electrons. The Bertz CT molecular complexity index is 1160. The molecule has 2 heterocycles. The predicted molar refractivity (Wildman–Crippen MR) is 127 cm³/mol. The Labute approximate surface area is 199 Å². The number of nitrogens with one attached hydrogen (secondary N) is 1. The number of benzene rings is 2. The molecule has 1 aliphatic heterocycles. The lowest BCUT2D eigenvalue weighted by Gasteiger charge is -2.36. The quantitative estimate of drug-likeness (QED) is 0.271. The van der Waals surface area contributed by atoms with Gasteiger partial charge in [-0.1, -0.05) is 18.2 Å². The van der Waals surface area contributed by atoms with Crippen LogP contribution < -0.4 is 9.47 Å². The number of carbonyl (C=O) groups excluding carboxylic acids is 2. The largest absolute Gasteiger partial charge is 0.492 e. The van der Waals surface area contributed by atoms with E-state index in [1.165, 1.54) is 0 Å². The van der Waals surface area contributed by atoms with Crippen molar-refractivity contribution in [2.45, 2.75) is 32.5 Å². The molecule has 32 heavy (non-hydrogen) atoms. The minimum absolute atomic E-state index is 0.440. The molecule has 168 valence electrons. The minimum Gasteiger partial charge on any atom is -0.492 e. The summed E-state index contributed by atoms with van der Waals surface area (Å²) in [6, 6.07) is 11.5. The maximum Gasteiger partial charge on any atom is 0.324 e. The molecule has 3 aromatic rings. The summed E-state index contributed by atoms with van der Waals surface area (Å²) in [5.74, 6) is -3.22. The Morgan fingerprint density at radius 2 is 1.84 bits per heavy atom. The van der Waals surface area contributed by atoms with Crippen LogP contribution in [-0.4, -0.2) is 36.4 Å². The number of aromatic nitrogens is 1. The van der Waals surface area contributed by atoms with Crippen LogP contribution in [0.5, 0.6) is 11.5 Å². The number of aromatic amines is 1. The van der Waals surface area contributed by atoms with Crippen molar-refractivity contribution in [3.8, 4) is 11.5 Å². The maximum atomic E-state index is 13.1. The van der Waals surface area contributed by atoms with Crippen LogP contribution in [0, 0.1) is 9.49 Å². The van der Waals surface area contributed by atoms with Gasteiger partial charge in [0.25, 0.3) is 5.79 Å². The Morgan fingerprint density at radius 3 is 2.50 bits per heavy atom. The van der Waals surface area contributed by atoms with Crippen LogP contribution in [0.4, 0.5) is 0 Å². The van der Waals surface area contributed by atoms with Crippen molar-refractivity contribution < 1.29 is 28.5 Å². The highest BCUT2D eigenvalue weighted by Gasteiger charge is 2.48. The summed E-state index contributed by atoms with van der Waals surface area (Å²) in [5.41, 5.74) is 2.42. The van der Waals surface area contributed by atoms with Gasteiger partial charge in [-0.3, -0.25) is 9.59 Å². The Hall–Kier alpha value is -2.75. The fourth-order valence-corrected chi connectivity index (χ4v) is 4.98. The van der Waals surface area contributed by atoms with Crippen molar-refractivity contribution >= 4 is 45.4 Å². The summed E-state index contributed by atoms with van der Waals surface area (Å²) < 4.78 is 23.1. The van der Waals surface area contributed by atoms with Crippen molar-refractivity contribution in [2.75, 3.05) is 13.7 Å².